The molecule has 6 nitrogen and oxygen atoms in total. The van der Waals surface area contributed by atoms with Crippen LogP contribution >= 0.6 is 34.8 Å². The van der Waals surface area contributed by atoms with Crippen LogP contribution in [-0.4, -0.2) is 67.7 Å². The summed E-state index contributed by atoms with van der Waals surface area (Å²) in [6.45, 7) is 6.10. The van der Waals surface area contributed by atoms with Crippen LogP contribution in [0.4, 0.5) is 4.39 Å². The Kier molecular flexibility index (Phi) is 8.64. The summed E-state index contributed by atoms with van der Waals surface area (Å²) in [5.74, 6) is -0.743. The smallest absolute Gasteiger partial charge is 0.255 e. The molecule has 3 rings (SSSR count). The van der Waals surface area contributed by atoms with Gasteiger partial charge in [-0.2, -0.15) is 4.31 Å². The van der Waals surface area contributed by atoms with Crippen molar-refractivity contribution in [3.05, 3.63) is 62.3 Å². The molecule has 33 heavy (non-hydrogen) atoms. The number of sulfonamides is 1. The maximum Gasteiger partial charge on any atom is 0.255 e. The average Bonchev–Trinajstić information content (AvgIpc) is 2.77. The van der Waals surface area contributed by atoms with Crippen LogP contribution in [0.2, 0.25) is 15.1 Å². The van der Waals surface area contributed by atoms with Crippen LogP contribution in [-0.2, 0) is 16.6 Å². The van der Waals surface area contributed by atoms with Crippen LogP contribution in [0.3, 0.4) is 0 Å². The SMILES string of the molecule is CCN(CC)S(=O)(=O)c1cc(C(=O)N2CCN(Cc3c(F)cccc3Cl)CC2)c(Cl)cc1Cl. The molecule has 0 aromatic heterocycles. The molecule has 1 amide bonds. The lowest BCUT2D eigenvalue weighted by Gasteiger charge is -2.35. The Balaban J connectivity index is 1.77. The number of piperazine rings is 1. The van der Waals surface area contributed by atoms with Gasteiger partial charge in [0.25, 0.3) is 5.91 Å². The van der Waals surface area contributed by atoms with Gasteiger partial charge in [0.2, 0.25) is 10.0 Å². The molecule has 0 saturated carbocycles. The molecule has 0 atom stereocenters. The third-order valence-electron chi connectivity index (χ3n) is 5.68. The van der Waals surface area contributed by atoms with Gasteiger partial charge in [-0.1, -0.05) is 54.7 Å². The van der Waals surface area contributed by atoms with Crippen molar-refractivity contribution in [2.75, 3.05) is 39.3 Å². The number of amides is 1. The molecule has 0 N–H and O–H groups in total. The summed E-state index contributed by atoms with van der Waals surface area (Å²) in [5.41, 5.74) is 0.503. The monoisotopic (exact) mass is 535 g/mol. The summed E-state index contributed by atoms with van der Waals surface area (Å²) in [4.78, 5) is 16.6. The van der Waals surface area contributed by atoms with Crippen LogP contribution in [0.15, 0.2) is 35.2 Å². The lowest BCUT2D eigenvalue weighted by Crippen LogP contribution is -2.48. The van der Waals surface area contributed by atoms with E-state index in [0.717, 1.165) is 0 Å². The van der Waals surface area contributed by atoms with Gasteiger partial charge < -0.3 is 4.90 Å². The maximum absolute atomic E-state index is 14.1. The van der Waals surface area contributed by atoms with Crippen molar-refractivity contribution in [1.29, 1.82) is 0 Å². The van der Waals surface area contributed by atoms with Gasteiger partial charge in [0.1, 0.15) is 10.7 Å². The molecule has 1 aliphatic rings. The zero-order valence-corrected chi connectivity index (χ0v) is 21.4. The summed E-state index contributed by atoms with van der Waals surface area (Å²) in [7, 11) is -3.87. The summed E-state index contributed by atoms with van der Waals surface area (Å²) < 4.78 is 41.3. The topological polar surface area (TPSA) is 60.9 Å². The highest BCUT2D eigenvalue weighted by Crippen LogP contribution is 2.31. The number of nitrogens with zero attached hydrogens (tertiary/aromatic N) is 3. The minimum Gasteiger partial charge on any atom is -0.336 e. The number of hydrogen-bond acceptors (Lipinski definition) is 4. The van der Waals surface area contributed by atoms with Crippen molar-refractivity contribution in [2.24, 2.45) is 0 Å². The van der Waals surface area contributed by atoms with E-state index < -0.39 is 10.0 Å². The molecule has 2 aromatic carbocycles. The van der Waals surface area contributed by atoms with Crippen LogP contribution in [0.25, 0.3) is 0 Å². The molecule has 0 spiro atoms. The first-order valence-electron chi connectivity index (χ1n) is 10.5. The number of rotatable bonds is 7. The third-order valence-corrected chi connectivity index (χ3v) is 8.86. The first-order valence-corrected chi connectivity index (χ1v) is 13.1. The van der Waals surface area contributed by atoms with Gasteiger partial charge in [-0.25, -0.2) is 12.8 Å². The second-order valence-corrected chi connectivity index (χ2v) is 10.7. The Labute approximate surface area is 208 Å². The summed E-state index contributed by atoms with van der Waals surface area (Å²) in [6, 6.07) is 7.12. The number of hydrogen-bond donors (Lipinski definition) is 0. The molecular formula is C22H25Cl3FN3O3S. The Morgan fingerprint density at radius 3 is 2.21 bits per heavy atom. The van der Waals surface area contributed by atoms with Crippen molar-refractivity contribution >= 4 is 50.7 Å². The van der Waals surface area contributed by atoms with E-state index >= 15 is 0 Å². The second-order valence-electron chi connectivity index (χ2n) is 7.62. The Hall–Kier alpha value is -1.42. The highest BCUT2D eigenvalue weighted by atomic mass is 35.5. The fourth-order valence-corrected chi connectivity index (χ4v) is 6.29. The van der Waals surface area contributed by atoms with Crippen molar-refractivity contribution in [2.45, 2.75) is 25.3 Å². The second kappa shape index (κ2) is 10.9. The molecule has 1 aliphatic heterocycles. The molecule has 0 bridgehead atoms. The van der Waals surface area contributed by atoms with Gasteiger partial charge in [-0.3, -0.25) is 9.69 Å². The maximum atomic E-state index is 14.1. The molecule has 1 heterocycles. The molecule has 2 aromatic rings. The van der Waals surface area contributed by atoms with E-state index in [0.29, 0.717) is 43.3 Å². The van der Waals surface area contributed by atoms with Crippen molar-refractivity contribution < 1.29 is 17.6 Å². The standard InChI is InChI=1S/C22H25Cl3FN3O3S/c1-3-29(4-2)33(31,32)21-12-15(18(24)13-19(21)25)22(30)28-10-8-27(9-11-28)14-16-17(23)6-5-7-20(16)26/h5-7,12-13H,3-4,8-11,14H2,1-2H3. The van der Waals surface area contributed by atoms with Crippen molar-refractivity contribution in [1.82, 2.24) is 14.1 Å². The summed E-state index contributed by atoms with van der Waals surface area (Å²) in [5, 5.41) is 0.419. The lowest BCUT2D eigenvalue weighted by molar-refractivity contribution is 0.0627. The summed E-state index contributed by atoms with van der Waals surface area (Å²) in [6.07, 6.45) is 0. The Morgan fingerprint density at radius 1 is 1.00 bits per heavy atom. The molecule has 0 unspecified atom stereocenters. The highest BCUT2D eigenvalue weighted by molar-refractivity contribution is 7.89. The van der Waals surface area contributed by atoms with Gasteiger partial charge in [0, 0.05) is 56.4 Å². The highest BCUT2D eigenvalue weighted by Gasteiger charge is 2.30. The minimum absolute atomic E-state index is 0.0324. The zero-order valence-electron chi connectivity index (χ0n) is 18.3. The first-order chi connectivity index (χ1) is 15.6. The van der Waals surface area contributed by atoms with Crippen LogP contribution in [0, 0.1) is 5.82 Å². The van der Waals surface area contributed by atoms with Crippen molar-refractivity contribution in [3.8, 4) is 0 Å². The van der Waals surface area contributed by atoms with Gasteiger partial charge in [-0.15, -0.1) is 0 Å². The number of carbonyl (C=O) groups excluding carboxylic acids is 1. The zero-order chi connectivity index (χ0) is 24.3. The summed E-state index contributed by atoms with van der Waals surface area (Å²) >= 11 is 18.6. The van der Waals surface area contributed by atoms with E-state index in [1.165, 1.54) is 22.5 Å². The van der Waals surface area contributed by atoms with Gasteiger partial charge in [0.05, 0.1) is 15.6 Å². The number of benzene rings is 2. The van der Waals surface area contributed by atoms with Gasteiger partial charge in [-0.05, 0) is 24.3 Å². The van der Waals surface area contributed by atoms with Crippen molar-refractivity contribution in [3.63, 3.8) is 0 Å². The molecule has 1 saturated heterocycles. The van der Waals surface area contributed by atoms with Crippen LogP contribution in [0.5, 0.6) is 0 Å². The lowest BCUT2D eigenvalue weighted by atomic mass is 10.1. The molecule has 0 radical (unpaired) electrons. The Morgan fingerprint density at radius 2 is 1.64 bits per heavy atom. The predicted molar refractivity (Wildman–Crippen MR) is 129 cm³/mol. The predicted octanol–water partition coefficient (Wildman–Crippen LogP) is 4.77. The van der Waals surface area contributed by atoms with E-state index in [4.69, 9.17) is 34.8 Å². The number of carbonyl (C=O) groups is 1. The van der Waals surface area contributed by atoms with E-state index in [9.17, 15) is 17.6 Å². The van der Waals surface area contributed by atoms with E-state index in [2.05, 4.69) is 0 Å². The molecule has 1 fully saturated rings. The molecule has 180 valence electrons. The van der Waals surface area contributed by atoms with Crippen LogP contribution < -0.4 is 0 Å². The fourth-order valence-electron chi connectivity index (χ4n) is 3.78. The first kappa shape index (κ1) is 26.2. The van der Waals surface area contributed by atoms with E-state index in [1.807, 2.05) is 4.90 Å². The Bertz CT molecular complexity index is 1110. The molecule has 0 aliphatic carbocycles. The number of halogens is 4. The van der Waals surface area contributed by atoms with Gasteiger partial charge >= 0.3 is 0 Å². The normalized spacial score (nSPS) is 15.3. The average molecular weight is 537 g/mol. The minimum atomic E-state index is -3.87. The quantitative estimate of drug-likeness (QED) is 0.511. The molecular weight excluding hydrogens is 512 g/mol. The van der Waals surface area contributed by atoms with E-state index in [1.54, 1.807) is 30.9 Å². The largest absolute Gasteiger partial charge is 0.336 e. The van der Waals surface area contributed by atoms with Gasteiger partial charge in [0.15, 0.2) is 0 Å². The van der Waals surface area contributed by atoms with Crippen LogP contribution in [0.1, 0.15) is 29.8 Å². The fraction of sp³-hybridized carbons (Fsp3) is 0.409. The molecule has 11 heteroatoms. The third kappa shape index (κ3) is 5.63. The van der Waals surface area contributed by atoms with E-state index in [-0.39, 0.29) is 45.3 Å².